The third-order valence-electron chi connectivity index (χ3n) is 3.01. The molecule has 0 aliphatic rings. The number of rotatable bonds is 1. The molecule has 0 spiro atoms. The Labute approximate surface area is 116 Å². The Hall–Kier alpha value is -2.70. The Morgan fingerprint density at radius 2 is 1.62 bits per heavy atom. The number of fused-ring (bicyclic) bond motifs is 1. The van der Waals surface area contributed by atoms with Crippen LogP contribution in [-0.2, 0) is 6.18 Å². The molecule has 2 aromatic carbocycles. The molecule has 0 bridgehead atoms. The Bertz CT molecular complexity index is 871. The van der Waals surface area contributed by atoms with Crippen LogP contribution in [0.25, 0.3) is 16.6 Å². The average molecular weight is 291 g/mol. The highest BCUT2D eigenvalue weighted by Gasteiger charge is 2.34. The average Bonchev–Trinajstić information content (AvgIpc) is 2.47. The number of nitrogens with zero attached hydrogens (tertiary/aromatic N) is 3. The first-order valence-electron chi connectivity index (χ1n) is 6.00. The molecule has 0 saturated heterocycles. The summed E-state index contributed by atoms with van der Waals surface area (Å²) in [6, 6.07) is 11.1. The van der Waals surface area contributed by atoms with Crippen LogP contribution in [0, 0.1) is 0 Å². The summed E-state index contributed by atoms with van der Waals surface area (Å²) in [6.45, 7) is 0. The lowest BCUT2D eigenvalue weighted by atomic mass is 10.1. The van der Waals surface area contributed by atoms with Gasteiger partial charge in [0.2, 0.25) is 0 Å². The van der Waals surface area contributed by atoms with Gasteiger partial charge >= 0.3 is 6.18 Å². The second-order valence-corrected chi connectivity index (χ2v) is 4.34. The van der Waals surface area contributed by atoms with Crippen molar-refractivity contribution in [3.63, 3.8) is 0 Å². The van der Waals surface area contributed by atoms with Crippen molar-refractivity contribution < 1.29 is 13.2 Å². The normalized spacial score (nSPS) is 11.8. The highest BCUT2D eigenvalue weighted by molar-refractivity contribution is 5.76. The fraction of sp³-hybridized carbons (Fsp3) is 0.0714. The van der Waals surface area contributed by atoms with Crippen LogP contribution in [0.1, 0.15) is 5.56 Å². The molecule has 3 aromatic rings. The maximum Gasteiger partial charge on any atom is 0.418 e. The summed E-state index contributed by atoms with van der Waals surface area (Å²) in [6.07, 6.45) is -4.58. The number of para-hydroxylation sites is 1. The quantitative estimate of drug-likeness (QED) is 0.692. The predicted octanol–water partition coefficient (Wildman–Crippen LogP) is 2.80. The van der Waals surface area contributed by atoms with Crippen LogP contribution in [0.3, 0.4) is 0 Å². The maximum atomic E-state index is 13.0. The molecule has 21 heavy (non-hydrogen) atoms. The molecule has 1 heterocycles. The minimum atomic E-state index is -4.58. The molecular formula is C14H8F3N3O. The second-order valence-electron chi connectivity index (χ2n) is 4.34. The second kappa shape index (κ2) is 4.69. The fourth-order valence-corrected chi connectivity index (χ4v) is 2.04. The van der Waals surface area contributed by atoms with E-state index < -0.39 is 17.3 Å². The van der Waals surface area contributed by atoms with Gasteiger partial charge in [-0.05, 0) is 24.3 Å². The van der Waals surface area contributed by atoms with E-state index >= 15 is 0 Å². The number of alkyl halides is 3. The van der Waals surface area contributed by atoms with Crippen LogP contribution in [0.2, 0.25) is 0 Å². The van der Waals surface area contributed by atoms with Crippen molar-refractivity contribution in [2.75, 3.05) is 0 Å². The Balaban J connectivity index is 2.32. The van der Waals surface area contributed by atoms with Gasteiger partial charge in [-0.3, -0.25) is 4.79 Å². The van der Waals surface area contributed by atoms with Gasteiger partial charge < -0.3 is 0 Å². The minimum Gasteiger partial charge on any atom is -0.267 e. The number of halogens is 3. The molecule has 7 heteroatoms. The van der Waals surface area contributed by atoms with E-state index in [9.17, 15) is 18.0 Å². The Morgan fingerprint density at radius 1 is 0.952 bits per heavy atom. The van der Waals surface area contributed by atoms with Crippen molar-refractivity contribution in [1.29, 1.82) is 0 Å². The molecule has 0 saturated carbocycles. The highest BCUT2D eigenvalue weighted by Crippen LogP contribution is 2.32. The van der Waals surface area contributed by atoms with Gasteiger partial charge in [0.15, 0.2) is 0 Å². The molecule has 0 unspecified atom stereocenters. The van der Waals surface area contributed by atoms with E-state index in [1.807, 2.05) is 0 Å². The summed E-state index contributed by atoms with van der Waals surface area (Å²) < 4.78 is 39.7. The van der Waals surface area contributed by atoms with Crippen LogP contribution in [-0.4, -0.2) is 15.0 Å². The van der Waals surface area contributed by atoms with E-state index in [0.29, 0.717) is 10.2 Å². The SMILES string of the molecule is O=c1c2ccccc2nnn1-c1ccccc1C(F)(F)F. The van der Waals surface area contributed by atoms with E-state index in [1.165, 1.54) is 24.3 Å². The van der Waals surface area contributed by atoms with E-state index in [0.717, 1.165) is 6.07 Å². The lowest BCUT2D eigenvalue weighted by Crippen LogP contribution is -2.25. The molecule has 1 aromatic heterocycles. The van der Waals surface area contributed by atoms with Crippen molar-refractivity contribution >= 4 is 10.9 Å². The van der Waals surface area contributed by atoms with Crippen LogP contribution in [0.5, 0.6) is 0 Å². The zero-order valence-electron chi connectivity index (χ0n) is 10.5. The number of benzene rings is 2. The standard InChI is InChI=1S/C14H8F3N3O/c15-14(16,17)10-6-2-4-8-12(10)20-13(21)9-5-1-3-7-11(9)18-19-20/h1-8H. The van der Waals surface area contributed by atoms with Crippen LogP contribution < -0.4 is 5.56 Å². The number of aromatic nitrogens is 3. The first-order valence-corrected chi connectivity index (χ1v) is 6.00. The van der Waals surface area contributed by atoms with Gasteiger partial charge in [-0.1, -0.05) is 29.5 Å². The van der Waals surface area contributed by atoms with Gasteiger partial charge in [0.1, 0.15) is 5.52 Å². The zero-order chi connectivity index (χ0) is 15.0. The van der Waals surface area contributed by atoms with Crippen molar-refractivity contribution in [3.8, 4) is 5.69 Å². The molecule has 0 fully saturated rings. The van der Waals surface area contributed by atoms with Gasteiger partial charge in [0, 0.05) is 0 Å². The summed E-state index contributed by atoms with van der Waals surface area (Å²) in [5.41, 5.74) is -1.58. The van der Waals surface area contributed by atoms with Crippen LogP contribution >= 0.6 is 0 Å². The molecule has 0 N–H and O–H groups in total. The Morgan fingerprint density at radius 3 is 2.38 bits per heavy atom. The molecule has 0 amide bonds. The lowest BCUT2D eigenvalue weighted by molar-refractivity contribution is -0.137. The predicted molar refractivity (Wildman–Crippen MR) is 70.1 cm³/mol. The summed E-state index contributed by atoms with van der Waals surface area (Å²) in [7, 11) is 0. The van der Waals surface area contributed by atoms with Crippen molar-refractivity contribution in [3.05, 3.63) is 64.4 Å². The summed E-state index contributed by atoms with van der Waals surface area (Å²) in [5.74, 6) is 0. The molecule has 0 aliphatic carbocycles. The monoisotopic (exact) mass is 291 g/mol. The molecule has 3 rings (SSSR count). The van der Waals surface area contributed by atoms with Crippen molar-refractivity contribution in [2.24, 2.45) is 0 Å². The number of hydrogen-bond acceptors (Lipinski definition) is 3. The molecule has 4 nitrogen and oxygen atoms in total. The number of hydrogen-bond donors (Lipinski definition) is 0. The molecular weight excluding hydrogens is 283 g/mol. The van der Waals surface area contributed by atoms with E-state index in [2.05, 4.69) is 10.3 Å². The largest absolute Gasteiger partial charge is 0.418 e. The minimum absolute atomic E-state index is 0.212. The van der Waals surface area contributed by atoms with Crippen molar-refractivity contribution in [2.45, 2.75) is 6.18 Å². The zero-order valence-corrected chi connectivity index (χ0v) is 10.5. The molecule has 0 radical (unpaired) electrons. The molecule has 106 valence electrons. The third-order valence-corrected chi connectivity index (χ3v) is 3.01. The lowest BCUT2D eigenvalue weighted by Gasteiger charge is -2.12. The van der Waals surface area contributed by atoms with E-state index in [4.69, 9.17) is 0 Å². The highest BCUT2D eigenvalue weighted by atomic mass is 19.4. The first-order chi connectivity index (χ1) is 9.98. The smallest absolute Gasteiger partial charge is 0.267 e. The van der Waals surface area contributed by atoms with Gasteiger partial charge in [0.05, 0.1) is 16.6 Å². The Kier molecular flexibility index (Phi) is 2.97. The topological polar surface area (TPSA) is 47.8 Å². The first kappa shape index (κ1) is 13.3. The molecule has 0 aliphatic heterocycles. The van der Waals surface area contributed by atoms with Crippen LogP contribution in [0.15, 0.2) is 53.3 Å². The van der Waals surface area contributed by atoms with Gasteiger partial charge in [-0.25, -0.2) is 0 Å². The fourth-order valence-electron chi connectivity index (χ4n) is 2.04. The van der Waals surface area contributed by atoms with Gasteiger partial charge in [-0.2, -0.15) is 17.9 Å². The van der Waals surface area contributed by atoms with E-state index in [1.54, 1.807) is 18.2 Å². The summed E-state index contributed by atoms with van der Waals surface area (Å²) in [5, 5.41) is 7.60. The maximum absolute atomic E-state index is 13.0. The third kappa shape index (κ3) is 2.26. The summed E-state index contributed by atoms with van der Waals surface area (Å²) in [4.78, 5) is 12.3. The van der Waals surface area contributed by atoms with Gasteiger partial charge in [0.25, 0.3) is 5.56 Å². The van der Waals surface area contributed by atoms with Crippen LogP contribution in [0.4, 0.5) is 13.2 Å². The van der Waals surface area contributed by atoms with Gasteiger partial charge in [-0.15, -0.1) is 5.10 Å². The van der Waals surface area contributed by atoms with E-state index in [-0.39, 0.29) is 11.1 Å². The molecule has 0 atom stereocenters. The van der Waals surface area contributed by atoms with Crippen molar-refractivity contribution in [1.82, 2.24) is 15.0 Å². The summed E-state index contributed by atoms with van der Waals surface area (Å²) >= 11 is 0.